The lowest BCUT2D eigenvalue weighted by Gasteiger charge is -2.10. The van der Waals surface area contributed by atoms with Gasteiger partial charge in [0, 0.05) is 11.3 Å². The predicted octanol–water partition coefficient (Wildman–Crippen LogP) is 3.83. The molecule has 0 aliphatic heterocycles. The van der Waals surface area contributed by atoms with E-state index in [4.69, 9.17) is 9.84 Å². The maximum Gasteiger partial charge on any atom is 0.339 e. The smallest absolute Gasteiger partial charge is 0.339 e. The van der Waals surface area contributed by atoms with Gasteiger partial charge >= 0.3 is 5.97 Å². The molecule has 18 heavy (non-hydrogen) atoms. The number of carboxylic acids is 1. The Labute approximate surface area is 117 Å². The van der Waals surface area contributed by atoms with E-state index < -0.39 is 5.97 Å². The van der Waals surface area contributed by atoms with Crippen molar-refractivity contribution in [1.29, 1.82) is 0 Å². The second-order valence-electron chi connectivity index (χ2n) is 3.60. The number of halogens is 1. The Morgan fingerprint density at radius 3 is 2.83 bits per heavy atom. The van der Waals surface area contributed by atoms with Gasteiger partial charge in [0.1, 0.15) is 11.3 Å². The molecular formula is C13H11BrO3S. The van der Waals surface area contributed by atoms with Gasteiger partial charge in [0.25, 0.3) is 0 Å². The lowest BCUT2D eigenvalue weighted by Crippen LogP contribution is -2.06. The molecule has 2 aromatic rings. The molecule has 0 spiro atoms. The first-order valence-corrected chi connectivity index (χ1v) is 7.02. The Bertz CT molecular complexity index is 537. The van der Waals surface area contributed by atoms with E-state index in [1.807, 2.05) is 17.5 Å². The van der Waals surface area contributed by atoms with Crippen molar-refractivity contribution in [2.75, 3.05) is 6.61 Å². The topological polar surface area (TPSA) is 46.5 Å². The summed E-state index contributed by atoms with van der Waals surface area (Å²) in [6.07, 6.45) is 0.776. The van der Waals surface area contributed by atoms with Crippen molar-refractivity contribution in [2.45, 2.75) is 6.42 Å². The molecule has 1 N–H and O–H groups in total. The number of hydrogen-bond acceptors (Lipinski definition) is 3. The van der Waals surface area contributed by atoms with Crippen molar-refractivity contribution in [3.05, 3.63) is 50.6 Å². The number of hydrogen-bond donors (Lipinski definition) is 1. The van der Waals surface area contributed by atoms with Crippen LogP contribution in [0.4, 0.5) is 0 Å². The Kier molecular flexibility index (Phi) is 4.38. The van der Waals surface area contributed by atoms with Gasteiger partial charge in [-0.05, 0) is 39.5 Å². The van der Waals surface area contributed by atoms with E-state index in [0.717, 1.165) is 6.42 Å². The van der Waals surface area contributed by atoms with Crippen molar-refractivity contribution in [1.82, 2.24) is 0 Å². The second-order valence-corrected chi connectivity index (χ2v) is 5.49. The molecule has 0 unspecified atom stereocenters. The van der Waals surface area contributed by atoms with E-state index in [9.17, 15) is 4.79 Å². The summed E-state index contributed by atoms with van der Waals surface area (Å²) in [6, 6.07) is 9.01. The van der Waals surface area contributed by atoms with Crippen molar-refractivity contribution in [2.24, 2.45) is 0 Å². The van der Waals surface area contributed by atoms with Crippen LogP contribution in [0.25, 0.3) is 0 Å². The number of carbonyl (C=O) groups is 1. The average molecular weight is 327 g/mol. The number of carboxylic acid groups (broad SMARTS) is 1. The van der Waals surface area contributed by atoms with Crippen LogP contribution in [0.5, 0.6) is 5.75 Å². The van der Waals surface area contributed by atoms with Gasteiger partial charge in [-0.25, -0.2) is 4.79 Å². The van der Waals surface area contributed by atoms with E-state index in [0.29, 0.717) is 16.8 Å². The van der Waals surface area contributed by atoms with E-state index in [1.54, 1.807) is 23.5 Å². The fourth-order valence-corrected chi connectivity index (χ4v) is 2.70. The zero-order valence-electron chi connectivity index (χ0n) is 9.43. The van der Waals surface area contributed by atoms with Gasteiger partial charge in [0.05, 0.1) is 11.1 Å². The highest BCUT2D eigenvalue weighted by Gasteiger charge is 2.14. The van der Waals surface area contributed by atoms with E-state index in [1.165, 1.54) is 10.9 Å². The monoisotopic (exact) mass is 326 g/mol. The van der Waals surface area contributed by atoms with Gasteiger partial charge in [-0.1, -0.05) is 12.1 Å². The quantitative estimate of drug-likeness (QED) is 0.908. The summed E-state index contributed by atoms with van der Waals surface area (Å²) >= 11 is 4.97. The van der Waals surface area contributed by atoms with Crippen LogP contribution in [-0.2, 0) is 6.42 Å². The zero-order valence-corrected chi connectivity index (χ0v) is 11.8. The molecule has 0 aliphatic rings. The minimum absolute atomic E-state index is 0.176. The van der Waals surface area contributed by atoms with Gasteiger partial charge in [-0.15, -0.1) is 11.3 Å². The minimum atomic E-state index is -0.984. The lowest BCUT2D eigenvalue weighted by atomic mass is 10.2. The molecule has 0 aliphatic carbocycles. The predicted molar refractivity (Wildman–Crippen MR) is 74.6 cm³/mol. The number of thiophene rings is 1. The summed E-state index contributed by atoms with van der Waals surface area (Å²) in [7, 11) is 0. The Balaban J connectivity index is 2.06. The van der Waals surface area contributed by atoms with Crippen LogP contribution in [0.3, 0.4) is 0 Å². The average Bonchev–Trinajstić information content (AvgIpc) is 2.84. The molecule has 0 saturated carbocycles. The number of para-hydroxylation sites is 1. The lowest BCUT2D eigenvalue weighted by molar-refractivity contribution is 0.0692. The van der Waals surface area contributed by atoms with Crippen LogP contribution in [0.2, 0.25) is 0 Å². The third kappa shape index (κ3) is 3.11. The summed E-state index contributed by atoms with van der Waals surface area (Å²) in [5.74, 6) is -0.594. The summed E-state index contributed by atoms with van der Waals surface area (Å²) < 4.78 is 6.24. The molecule has 0 radical (unpaired) electrons. The van der Waals surface area contributed by atoms with Crippen molar-refractivity contribution in [3.63, 3.8) is 0 Å². The number of rotatable bonds is 5. The van der Waals surface area contributed by atoms with Gasteiger partial charge in [-0.3, -0.25) is 0 Å². The van der Waals surface area contributed by atoms with Crippen LogP contribution < -0.4 is 4.74 Å². The molecule has 0 fully saturated rings. The summed E-state index contributed by atoms with van der Waals surface area (Å²) in [5.41, 5.74) is 0.176. The maximum atomic E-state index is 11.1. The van der Waals surface area contributed by atoms with Gasteiger partial charge in [0.2, 0.25) is 0 Å². The molecule has 2 rings (SSSR count). The van der Waals surface area contributed by atoms with Gasteiger partial charge in [0.15, 0.2) is 0 Å². The molecule has 1 aromatic heterocycles. The van der Waals surface area contributed by atoms with Crippen LogP contribution >= 0.6 is 27.3 Å². The molecule has 0 saturated heterocycles. The first-order valence-electron chi connectivity index (χ1n) is 5.35. The molecule has 0 bridgehead atoms. The van der Waals surface area contributed by atoms with Crippen LogP contribution in [0, 0.1) is 0 Å². The third-order valence-electron chi connectivity index (χ3n) is 2.37. The first-order chi connectivity index (χ1) is 8.68. The molecular weight excluding hydrogens is 316 g/mol. The number of aromatic carboxylic acids is 1. The summed E-state index contributed by atoms with van der Waals surface area (Å²) in [4.78, 5) is 12.3. The first kappa shape index (κ1) is 13.1. The molecule has 3 nitrogen and oxygen atoms in total. The number of ether oxygens (including phenoxy) is 1. The molecule has 5 heteroatoms. The van der Waals surface area contributed by atoms with Gasteiger partial charge < -0.3 is 9.84 Å². The Morgan fingerprint density at radius 2 is 2.17 bits per heavy atom. The molecule has 1 aromatic carbocycles. The fourth-order valence-electron chi connectivity index (χ4n) is 1.53. The normalized spacial score (nSPS) is 10.3. The third-order valence-corrected chi connectivity index (χ3v) is 3.93. The van der Waals surface area contributed by atoms with E-state index >= 15 is 0 Å². The highest BCUT2D eigenvalue weighted by Crippen LogP contribution is 2.29. The highest BCUT2D eigenvalue weighted by molar-refractivity contribution is 9.10. The molecule has 94 valence electrons. The molecule has 1 heterocycles. The fraction of sp³-hybridized carbons (Fsp3) is 0.154. The summed E-state index contributed by atoms with van der Waals surface area (Å²) in [6.45, 7) is 0.462. The second kappa shape index (κ2) is 6.02. The van der Waals surface area contributed by atoms with Crippen molar-refractivity contribution < 1.29 is 14.6 Å². The SMILES string of the molecule is O=C(O)c1cccc(Br)c1OCCc1cccs1. The standard InChI is InChI=1S/C13H11BrO3S/c14-11-5-1-4-10(13(15)16)12(11)17-7-6-9-3-2-8-18-9/h1-5,8H,6-7H2,(H,15,16). The maximum absolute atomic E-state index is 11.1. The Morgan fingerprint density at radius 1 is 1.33 bits per heavy atom. The molecule has 0 amide bonds. The van der Waals surface area contributed by atoms with Crippen LogP contribution in [-0.4, -0.2) is 17.7 Å². The zero-order chi connectivity index (χ0) is 13.0. The van der Waals surface area contributed by atoms with E-state index in [2.05, 4.69) is 15.9 Å². The Hall–Kier alpha value is -1.33. The minimum Gasteiger partial charge on any atom is -0.491 e. The summed E-state index contributed by atoms with van der Waals surface area (Å²) in [5, 5.41) is 11.1. The van der Waals surface area contributed by atoms with Gasteiger partial charge in [-0.2, -0.15) is 0 Å². The number of benzene rings is 1. The van der Waals surface area contributed by atoms with Crippen LogP contribution in [0.1, 0.15) is 15.2 Å². The largest absolute Gasteiger partial charge is 0.491 e. The van der Waals surface area contributed by atoms with Crippen molar-refractivity contribution in [3.8, 4) is 5.75 Å². The highest BCUT2D eigenvalue weighted by atomic mass is 79.9. The molecule has 0 atom stereocenters. The van der Waals surface area contributed by atoms with Crippen molar-refractivity contribution >= 4 is 33.2 Å². The van der Waals surface area contributed by atoms with Crippen LogP contribution in [0.15, 0.2) is 40.2 Å². The van der Waals surface area contributed by atoms with E-state index in [-0.39, 0.29) is 5.56 Å².